The van der Waals surface area contributed by atoms with Gasteiger partial charge in [0, 0.05) is 45.0 Å². The largest absolute Gasteiger partial charge is 0.573 e. The van der Waals surface area contributed by atoms with E-state index in [-0.39, 0.29) is 11.7 Å². The molecule has 2 aromatic rings. The molecule has 1 aliphatic rings. The van der Waals surface area contributed by atoms with Crippen LogP contribution < -0.4 is 9.47 Å². The van der Waals surface area contributed by atoms with Crippen molar-refractivity contribution in [1.82, 2.24) is 14.8 Å². The molecule has 1 fully saturated rings. The Morgan fingerprint density at radius 2 is 1.75 bits per heavy atom. The molecular weight excluding hydrogens is 375 g/mol. The standard InChI is InChI=1S/C19H20F3N3O3/c1-27-17-7-4-15(12-23-17)18(26)25-10-8-24(9-11-25)13-14-2-5-16(6-3-14)28-19(20,21)22/h2-7,12H,8-11,13H2,1H3. The van der Waals surface area contributed by atoms with Crippen LogP contribution in [-0.2, 0) is 6.54 Å². The van der Waals surface area contributed by atoms with Gasteiger partial charge in [0.05, 0.1) is 12.7 Å². The van der Waals surface area contributed by atoms with Crippen LogP contribution in [0.15, 0.2) is 42.6 Å². The minimum absolute atomic E-state index is 0.0801. The van der Waals surface area contributed by atoms with Gasteiger partial charge in [-0.15, -0.1) is 13.2 Å². The SMILES string of the molecule is COc1ccc(C(=O)N2CCN(Cc3ccc(OC(F)(F)F)cc3)CC2)cn1. The molecule has 1 amide bonds. The Morgan fingerprint density at radius 3 is 2.29 bits per heavy atom. The average Bonchev–Trinajstić information content (AvgIpc) is 2.68. The number of halogens is 3. The monoisotopic (exact) mass is 395 g/mol. The van der Waals surface area contributed by atoms with E-state index in [9.17, 15) is 18.0 Å². The molecule has 0 saturated carbocycles. The van der Waals surface area contributed by atoms with Gasteiger partial charge in [-0.3, -0.25) is 9.69 Å². The second-order valence-corrected chi connectivity index (χ2v) is 6.35. The topological polar surface area (TPSA) is 54.9 Å². The Kier molecular flexibility index (Phi) is 6.03. The molecule has 0 unspecified atom stereocenters. The number of carbonyl (C=O) groups excluding carboxylic acids is 1. The van der Waals surface area contributed by atoms with Crippen molar-refractivity contribution >= 4 is 5.91 Å². The van der Waals surface area contributed by atoms with E-state index in [1.165, 1.54) is 25.4 Å². The van der Waals surface area contributed by atoms with Crippen molar-refractivity contribution < 1.29 is 27.4 Å². The molecular formula is C19H20F3N3O3. The molecule has 0 bridgehead atoms. The quantitative estimate of drug-likeness (QED) is 0.779. The lowest BCUT2D eigenvalue weighted by Gasteiger charge is -2.34. The van der Waals surface area contributed by atoms with Gasteiger partial charge in [-0.2, -0.15) is 0 Å². The lowest BCUT2D eigenvalue weighted by Crippen LogP contribution is -2.48. The average molecular weight is 395 g/mol. The number of methoxy groups -OCH3 is 1. The van der Waals surface area contributed by atoms with Gasteiger partial charge in [-0.1, -0.05) is 12.1 Å². The van der Waals surface area contributed by atoms with E-state index in [0.717, 1.165) is 5.56 Å². The first-order chi connectivity index (χ1) is 13.3. The summed E-state index contributed by atoms with van der Waals surface area (Å²) in [6.45, 7) is 3.09. The normalized spacial score (nSPS) is 15.4. The summed E-state index contributed by atoms with van der Waals surface area (Å²) in [6.07, 6.45) is -3.19. The molecule has 1 saturated heterocycles. The van der Waals surface area contributed by atoms with E-state index < -0.39 is 6.36 Å². The Bertz CT molecular complexity index is 787. The van der Waals surface area contributed by atoms with Crippen molar-refractivity contribution in [3.63, 3.8) is 0 Å². The molecule has 1 aromatic heterocycles. The zero-order valence-electron chi connectivity index (χ0n) is 15.3. The highest BCUT2D eigenvalue weighted by Crippen LogP contribution is 2.23. The van der Waals surface area contributed by atoms with Gasteiger partial charge in [0.25, 0.3) is 5.91 Å². The number of pyridine rings is 1. The molecule has 1 aliphatic heterocycles. The van der Waals surface area contributed by atoms with Crippen molar-refractivity contribution in [2.75, 3.05) is 33.3 Å². The highest BCUT2D eigenvalue weighted by Gasteiger charge is 2.31. The first-order valence-corrected chi connectivity index (χ1v) is 8.70. The Morgan fingerprint density at radius 1 is 1.07 bits per heavy atom. The van der Waals surface area contributed by atoms with Crippen molar-refractivity contribution in [3.05, 3.63) is 53.7 Å². The number of hydrogen-bond acceptors (Lipinski definition) is 5. The summed E-state index contributed by atoms with van der Waals surface area (Å²) in [5.41, 5.74) is 1.39. The third kappa shape index (κ3) is 5.35. The van der Waals surface area contributed by atoms with Crippen LogP contribution in [0.4, 0.5) is 13.2 Å². The van der Waals surface area contributed by atoms with Crippen LogP contribution >= 0.6 is 0 Å². The Hall–Kier alpha value is -2.81. The molecule has 2 heterocycles. The molecule has 9 heteroatoms. The maximum absolute atomic E-state index is 12.5. The second kappa shape index (κ2) is 8.47. The lowest BCUT2D eigenvalue weighted by atomic mass is 10.1. The van der Waals surface area contributed by atoms with Gasteiger partial charge >= 0.3 is 6.36 Å². The third-order valence-electron chi connectivity index (χ3n) is 4.42. The number of alkyl halides is 3. The zero-order valence-corrected chi connectivity index (χ0v) is 15.3. The van der Waals surface area contributed by atoms with Crippen LogP contribution in [0.1, 0.15) is 15.9 Å². The smallest absolute Gasteiger partial charge is 0.481 e. The maximum atomic E-state index is 12.5. The second-order valence-electron chi connectivity index (χ2n) is 6.35. The number of benzene rings is 1. The summed E-state index contributed by atoms with van der Waals surface area (Å²) in [6, 6.07) is 9.17. The van der Waals surface area contributed by atoms with Crippen molar-refractivity contribution in [2.24, 2.45) is 0 Å². The zero-order chi connectivity index (χ0) is 20.1. The summed E-state index contributed by atoms with van der Waals surface area (Å²) in [7, 11) is 1.51. The molecule has 6 nitrogen and oxygen atoms in total. The number of hydrogen-bond donors (Lipinski definition) is 0. The van der Waals surface area contributed by atoms with E-state index in [1.54, 1.807) is 29.2 Å². The molecule has 150 valence electrons. The van der Waals surface area contributed by atoms with Gasteiger partial charge in [0.1, 0.15) is 5.75 Å². The number of amides is 1. The number of ether oxygens (including phenoxy) is 2. The molecule has 0 atom stereocenters. The molecule has 0 N–H and O–H groups in total. The van der Waals surface area contributed by atoms with E-state index in [4.69, 9.17) is 4.74 Å². The highest BCUT2D eigenvalue weighted by atomic mass is 19.4. The van der Waals surface area contributed by atoms with Crippen LogP contribution in [0.5, 0.6) is 11.6 Å². The fourth-order valence-electron chi connectivity index (χ4n) is 2.97. The molecule has 1 aromatic carbocycles. The van der Waals surface area contributed by atoms with Crippen LogP contribution in [-0.4, -0.2) is 60.3 Å². The van der Waals surface area contributed by atoms with Crippen LogP contribution in [0.25, 0.3) is 0 Å². The van der Waals surface area contributed by atoms with Crippen LogP contribution in [0, 0.1) is 0 Å². The predicted octanol–water partition coefficient (Wildman–Crippen LogP) is 2.95. The molecule has 0 spiro atoms. The Labute approximate surface area is 160 Å². The van der Waals surface area contributed by atoms with Crippen molar-refractivity contribution in [3.8, 4) is 11.6 Å². The van der Waals surface area contributed by atoms with Gasteiger partial charge in [0.15, 0.2) is 0 Å². The first-order valence-electron chi connectivity index (χ1n) is 8.70. The summed E-state index contributed by atoms with van der Waals surface area (Å²) >= 11 is 0. The summed E-state index contributed by atoms with van der Waals surface area (Å²) in [5, 5.41) is 0. The Balaban J connectivity index is 1.50. The first kappa shape index (κ1) is 19.9. The summed E-state index contributed by atoms with van der Waals surface area (Å²) < 4.78 is 45.5. The van der Waals surface area contributed by atoms with Gasteiger partial charge < -0.3 is 14.4 Å². The van der Waals surface area contributed by atoms with Crippen LogP contribution in [0.2, 0.25) is 0 Å². The van der Waals surface area contributed by atoms with Crippen LogP contribution in [0.3, 0.4) is 0 Å². The van der Waals surface area contributed by atoms with Gasteiger partial charge in [0.2, 0.25) is 5.88 Å². The number of piperazine rings is 1. The van der Waals surface area contributed by atoms with E-state index >= 15 is 0 Å². The van der Waals surface area contributed by atoms with E-state index in [2.05, 4.69) is 14.6 Å². The van der Waals surface area contributed by atoms with Gasteiger partial charge in [-0.05, 0) is 23.8 Å². The fraction of sp³-hybridized carbons (Fsp3) is 0.368. The minimum Gasteiger partial charge on any atom is -0.481 e. The number of nitrogens with zero attached hydrogens (tertiary/aromatic N) is 3. The van der Waals surface area contributed by atoms with Gasteiger partial charge in [-0.25, -0.2) is 4.98 Å². The lowest BCUT2D eigenvalue weighted by molar-refractivity contribution is -0.274. The van der Waals surface area contributed by atoms with Crippen molar-refractivity contribution in [1.29, 1.82) is 0 Å². The molecule has 28 heavy (non-hydrogen) atoms. The number of aromatic nitrogens is 1. The molecule has 0 aliphatic carbocycles. The fourth-order valence-corrected chi connectivity index (χ4v) is 2.97. The maximum Gasteiger partial charge on any atom is 0.573 e. The highest BCUT2D eigenvalue weighted by molar-refractivity contribution is 5.94. The predicted molar refractivity (Wildman–Crippen MR) is 95.1 cm³/mol. The number of carbonyl (C=O) groups is 1. The number of rotatable bonds is 5. The van der Waals surface area contributed by atoms with E-state index in [1.807, 2.05) is 0 Å². The third-order valence-corrected chi connectivity index (χ3v) is 4.42. The molecule has 3 rings (SSSR count). The summed E-state index contributed by atoms with van der Waals surface area (Å²) in [4.78, 5) is 20.5. The molecule has 0 radical (unpaired) electrons. The minimum atomic E-state index is -4.69. The van der Waals surface area contributed by atoms with Crippen molar-refractivity contribution in [2.45, 2.75) is 12.9 Å². The van der Waals surface area contributed by atoms with E-state index in [0.29, 0.717) is 44.2 Å². The summed E-state index contributed by atoms with van der Waals surface area (Å²) in [5.74, 6) is 0.135.